The van der Waals surface area contributed by atoms with Crippen LogP contribution in [-0.4, -0.2) is 6.54 Å². The zero-order valence-corrected chi connectivity index (χ0v) is 9.15. The van der Waals surface area contributed by atoms with Gasteiger partial charge in [0.25, 0.3) is 0 Å². The number of hydrogen-bond acceptors (Lipinski definition) is 1. The summed E-state index contributed by atoms with van der Waals surface area (Å²) in [6.07, 6.45) is 0. The smallest absolute Gasteiger partial charge is 0.0579 e. The fraction of sp³-hybridized carbons (Fsp3) is 0.385. The van der Waals surface area contributed by atoms with E-state index in [-0.39, 0.29) is 0 Å². The van der Waals surface area contributed by atoms with Gasteiger partial charge in [0.05, 0.1) is 6.54 Å². The highest BCUT2D eigenvalue weighted by Gasteiger charge is 1.96. The average Bonchev–Trinajstić information content (AvgIpc) is 2.18. The van der Waals surface area contributed by atoms with Gasteiger partial charge in [0.1, 0.15) is 0 Å². The number of rotatable bonds is 3. The highest BCUT2D eigenvalue weighted by Crippen LogP contribution is 2.09. The van der Waals surface area contributed by atoms with E-state index in [1.165, 1.54) is 16.7 Å². The van der Waals surface area contributed by atoms with Crippen LogP contribution in [0, 0.1) is 25.7 Å². The fourth-order valence-corrected chi connectivity index (χ4v) is 1.34. The summed E-state index contributed by atoms with van der Waals surface area (Å²) in [5.74, 6) is 5.86. The minimum atomic E-state index is 0.768. The molecule has 0 bridgehead atoms. The molecule has 0 aliphatic rings. The van der Waals surface area contributed by atoms with Gasteiger partial charge in [-0.2, -0.15) is 0 Å². The van der Waals surface area contributed by atoms with Crippen molar-refractivity contribution in [1.29, 1.82) is 0 Å². The first-order chi connectivity index (χ1) is 6.74. The quantitative estimate of drug-likeness (QED) is 0.566. The number of nitrogens with one attached hydrogen (secondary N) is 1. The molecule has 1 rings (SSSR count). The Hall–Kier alpha value is -1.26. The average molecular weight is 187 g/mol. The van der Waals surface area contributed by atoms with Gasteiger partial charge in [-0.1, -0.05) is 29.7 Å². The van der Waals surface area contributed by atoms with Crippen molar-refractivity contribution in [3.8, 4) is 11.8 Å². The van der Waals surface area contributed by atoms with Crippen molar-refractivity contribution < 1.29 is 0 Å². The van der Waals surface area contributed by atoms with Gasteiger partial charge in [-0.3, -0.25) is 0 Å². The summed E-state index contributed by atoms with van der Waals surface area (Å²) in [5, 5.41) is 3.30. The second kappa shape index (κ2) is 5.47. The molecule has 1 aromatic carbocycles. The molecule has 0 saturated carbocycles. The molecular weight excluding hydrogens is 170 g/mol. The van der Waals surface area contributed by atoms with Crippen molar-refractivity contribution in [2.45, 2.75) is 27.3 Å². The van der Waals surface area contributed by atoms with Gasteiger partial charge in [-0.05, 0) is 31.9 Å². The number of aryl methyl sites for hydroxylation is 2. The molecule has 0 radical (unpaired) electrons. The Labute approximate surface area is 86.5 Å². The molecule has 14 heavy (non-hydrogen) atoms. The third kappa shape index (κ3) is 3.24. The van der Waals surface area contributed by atoms with Crippen LogP contribution < -0.4 is 5.32 Å². The molecule has 74 valence electrons. The summed E-state index contributed by atoms with van der Waals surface area (Å²) in [6, 6.07) is 6.53. The van der Waals surface area contributed by atoms with E-state index in [1.54, 1.807) is 0 Å². The molecular formula is C13H17N. The summed E-state index contributed by atoms with van der Waals surface area (Å²) in [5.41, 5.74) is 4.02. The van der Waals surface area contributed by atoms with Gasteiger partial charge in [0.15, 0.2) is 0 Å². The Morgan fingerprint density at radius 2 is 2.07 bits per heavy atom. The molecule has 0 fully saturated rings. The predicted molar refractivity (Wildman–Crippen MR) is 61.1 cm³/mol. The Kier molecular flexibility index (Phi) is 4.22. The van der Waals surface area contributed by atoms with Crippen molar-refractivity contribution in [1.82, 2.24) is 5.32 Å². The summed E-state index contributed by atoms with van der Waals surface area (Å²) >= 11 is 0. The van der Waals surface area contributed by atoms with Crippen LogP contribution in [0.25, 0.3) is 0 Å². The van der Waals surface area contributed by atoms with Crippen molar-refractivity contribution in [3.63, 3.8) is 0 Å². The van der Waals surface area contributed by atoms with E-state index in [1.807, 2.05) is 6.92 Å². The van der Waals surface area contributed by atoms with Gasteiger partial charge in [-0.15, -0.1) is 5.92 Å². The molecule has 1 nitrogen and oxygen atoms in total. The largest absolute Gasteiger partial charge is 0.302 e. The first-order valence-corrected chi connectivity index (χ1v) is 4.90. The van der Waals surface area contributed by atoms with E-state index in [9.17, 15) is 0 Å². The monoisotopic (exact) mass is 187 g/mol. The van der Waals surface area contributed by atoms with Crippen molar-refractivity contribution in [3.05, 3.63) is 34.9 Å². The van der Waals surface area contributed by atoms with Gasteiger partial charge in [-0.25, -0.2) is 0 Å². The molecule has 1 heteroatoms. The Balaban J connectivity index is 2.56. The summed E-state index contributed by atoms with van der Waals surface area (Å²) < 4.78 is 0. The molecule has 0 saturated heterocycles. The predicted octanol–water partition coefficient (Wildman–Crippen LogP) is 2.42. The lowest BCUT2D eigenvalue weighted by Crippen LogP contribution is -2.14. The van der Waals surface area contributed by atoms with E-state index < -0.39 is 0 Å². The topological polar surface area (TPSA) is 12.0 Å². The van der Waals surface area contributed by atoms with Crippen LogP contribution >= 0.6 is 0 Å². The second-order valence-electron chi connectivity index (χ2n) is 3.46. The third-order valence-electron chi connectivity index (χ3n) is 2.21. The zero-order chi connectivity index (χ0) is 10.4. The first-order valence-electron chi connectivity index (χ1n) is 4.90. The second-order valence-corrected chi connectivity index (χ2v) is 3.46. The molecule has 0 amide bonds. The van der Waals surface area contributed by atoms with E-state index in [0.29, 0.717) is 0 Å². The molecule has 0 aliphatic carbocycles. The Bertz CT molecular complexity index is 355. The van der Waals surface area contributed by atoms with Crippen molar-refractivity contribution >= 4 is 0 Å². The Morgan fingerprint density at radius 1 is 1.29 bits per heavy atom. The SMILES string of the molecule is CC#CCNCc1cc(C)ccc1C. The van der Waals surface area contributed by atoms with Gasteiger partial charge < -0.3 is 5.32 Å². The first kappa shape index (κ1) is 10.8. The van der Waals surface area contributed by atoms with Gasteiger partial charge >= 0.3 is 0 Å². The molecule has 1 aromatic rings. The highest BCUT2D eigenvalue weighted by molar-refractivity contribution is 5.30. The maximum atomic E-state index is 3.30. The van der Waals surface area contributed by atoms with Crippen LogP contribution in [-0.2, 0) is 6.54 Å². The number of benzene rings is 1. The minimum absolute atomic E-state index is 0.768. The molecule has 0 atom stereocenters. The standard InChI is InChI=1S/C13H17N/c1-4-5-8-14-10-13-9-11(2)6-7-12(13)3/h6-7,9,14H,8,10H2,1-3H3. The maximum absolute atomic E-state index is 3.30. The summed E-state index contributed by atoms with van der Waals surface area (Å²) in [7, 11) is 0. The normalized spacial score (nSPS) is 9.36. The van der Waals surface area contributed by atoms with E-state index in [2.05, 4.69) is 49.2 Å². The van der Waals surface area contributed by atoms with Gasteiger partial charge in [0.2, 0.25) is 0 Å². The Morgan fingerprint density at radius 3 is 2.79 bits per heavy atom. The third-order valence-corrected chi connectivity index (χ3v) is 2.21. The summed E-state index contributed by atoms with van der Waals surface area (Å²) in [6.45, 7) is 7.79. The van der Waals surface area contributed by atoms with Crippen LogP contribution in [0.2, 0.25) is 0 Å². The lowest BCUT2D eigenvalue weighted by molar-refractivity contribution is 0.765. The van der Waals surface area contributed by atoms with Crippen molar-refractivity contribution in [2.24, 2.45) is 0 Å². The van der Waals surface area contributed by atoms with Crippen LogP contribution in [0.1, 0.15) is 23.6 Å². The lowest BCUT2D eigenvalue weighted by Gasteiger charge is -2.06. The molecule has 1 N–H and O–H groups in total. The zero-order valence-electron chi connectivity index (χ0n) is 9.15. The van der Waals surface area contributed by atoms with E-state index >= 15 is 0 Å². The van der Waals surface area contributed by atoms with E-state index in [4.69, 9.17) is 0 Å². The summed E-state index contributed by atoms with van der Waals surface area (Å²) in [4.78, 5) is 0. The van der Waals surface area contributed by atoms with Crippen LogP contribution in [0.4, 0.5) is 0 Å². The van der Waals surface area contributed by atoms with E-state index in [0.717, 1.165) is 13.1 Å². The lowest BCUT2D eigenvalue weighted by atomic mass is 10.1. The van der Waals surface area contributed by atoms with Crippen LogP contribution in [0.15, 0.2) is 18.2 Å². The molecule has 0 aromatic heterocycles. The fourth-order valence-electron chi connectivity index (χ4n) is 1.34. The van der Waals surface area contributed by atoms with Crippen LogP contribution in [0.3, 0.4) is 0 Å². The molecule has 0 unspecified atom stereocenters. The maximum Gasteiger partial charge on any atom is 0.0579 e. The highest BCUT2D eigenvalue weighted by atomic mass is 14.8. The minimum Gasteiger partial charge on any atom is -0.302 e. The molecule has 0 heterocycles. The van der Waals surface area contributed by atoms with Crippen molar-refractivity contribution in [2.75, 3.05) is 6.54 Å². The van der Waals surface area contributed by atoms with Gasteiger partial charge in [0, 0.05) is 6.54 Å². The number of hydrogen-bond donors (Lipinski definition) is 1. The molecule has 0 aliphatic heterocycles. The van der Waals surface area contributed by atoms with Crippen LogP contribution in [0.5, 0.6) is 0 Å². The molecule has 0 spiro atoms.